The minimum atomic E-state index is -0.982. The smallest absolute Gasteiger partial charge is 0.398 e. The Morgan fingerprint density at radius 1 is 1.29 bits per heavy atom. The van der Waals surface area contributed by atoms with E-state index >= 15 is 0 Å². The van der Waals surface area contributed by atoms with Crippen molar-refractivity contribution >= 4 is 18.8 Å². The van der Waals surface area contributed by atoms with Gasteiger partial charge in [-0.25, -0.2) is 8.91 Å². The van der Waals surface area contributed by atoms with Crippen molar-refractivity contribution in [2.45, 2.75) is 58.3 Å². The van der Waals surface area contributed by atoms with E-state index in [0.29, 0.717) is 5.69 Å². The number of hydrogen-bond donors (Lipinski definition) is 0. The van der Waals surface area contributed by atoms with Gasteiger partial charge in [-0.1, -0.05) is 0 Å². The van der Waals surface area contributed by atoms with Crippen molar-refractivity contribution in [2.24, 2.45) is 5.92 Å². The molecular weight excluding hydrogens is 308 g/mol. The van der Waals surface area contributed by atoms with Gasteiger partial charge in [-0.05, 0) is 52.5 Å². The van der Waals surface area contributed by atoms with Gasteiger partial charge in [0.05, 0.1) is 16.9 Å². The lowest BCUT2D eigenvalue weighted by Gasteiger charge is -2.32. The van der Waals surface area contributed by atoms with Crippen molar-refractivity contribution in [2.75, 3.05) is 0 Å². The number of nitrogens with zero attached hydrogens (tertiary/aromatic N) is 3. The van der Waals surface area contributed by atoms with E-state index in [0.717, 1.165) is 18.1 Å². The molecule has 0 atom stereocenters. The zero-order valence-corrected chi connectivity index (χ0v) is 14.6. The highest BCUT2D eigenvalue weighted by Crippen LogP contribution is 2.39. The van der Waals surface area contributed by atoms with Gasteiger partial charge < -0.3 is 13.9 Å². The summed E-state index contributed by atoms with van der Waals surface area (Å²) in [5, 5.41) is 4.41. The van der Waals surface area contributed by atoms with Gasteiger partial charge in [0.2, 0.25) is 0 Å². The van der Waals surface area contributed by atoms with Crippen LogP contribution in [0, 0.1) is 5.92 Å². The Hall–Kier alpha value is -1.60. The Balaban J connectivity index is 1.56. The average molecular weight is 331 g/mol. The van der Waals surface area contributed by atoms with Crippen molar-refractivity contribution in [1.82, 2.24) is 14.2 Å². The number of hydrogen-bond acceptors (Lipinski definition) is 3. The molecule has 0 amide bonds. The van der Waals surface area contributed by atoms with Gasteiger partial charge in [0.15, 0.2) is 0 Å². The van der Waals surface area contributed by atoms with Crippen LogP contribution in [0.15, 0.2) is 24.2 Å². The summed E-state index contributed by atoms with van der Waals surface area (Å²) in [7, 11) is -0.982. The van der Waals surface area contributed by atoms with E-state index in [2.05, 4.69) is 9.67 Å². The molecule has 7 heteroatoms. The number of imidazole rings is 1. The summed E-state index contributed by atoms with van der Waals surface area (Å²) in [6.45, 7) is 8.64. The molecule has 0 radical (unpaired) electrons. The third-order valence-electron chi connectivity index (χ3n) is 5.33. The Labute approximate surface area is 141 Å². The zero-order valence-electron chi connectivity index (χ0n) is 14.6. The number of rotatable bonds is 4. The van der Waals surface area contributed by atoms with Gasteiger partial charge >= 0.3 is 7.12 Å². The van der Waals surface area contributed by atoms with Crippen LogP contribution < -0.4 is 0 Å². The predicted octanol–water partition coefficient (Wildman–Crippen LogP) is 3.49. The predicted molar refractivity (Wildman–Crippen MR) is 91.1 cm³/mol. The number of halogens is 1. The monoisotopic (exact) mass is 331 g/mol. The second kappa shape index (κ2) is 5.20. The molecule has 1 saturated heterocycles. The Bertz CT molecular complexity index is 788. The lowest BCUT2D eigenvalue weighted by molar-refractivity contribution is 0.00578. The normalized spacial score (nSPS) is 23.4. The molecule has 0 unspecified atom stereocenters. The highest BCUT2D eigenvalue weighted by Gasteiger charge is 2.53. The highest BCUT2D eigenvalue weighted by molar-refractivity contribution is 6.54. The first kappa shape index (κ1) is 15.9. The van der Waals surface area contributed by atoms with E-state index in [1.807, 2.05) is 46.2 Å². The van der Waals surface area contributed by atoms with Crippen molar-refractivity contribution < 1.29 is 13.7 Å². The summed E-state index contributed by atoms with van der Waals surface area (Å²) < 4.78 is 30.0. The average Bonchev–Trinajstić information content (AvgIpc) is 3.02. The molecule has 24 heavy (non-hydrogen) atoms. The standard InChI is InChI=1S/C17H23BFN3O2/c1-16(2)17(3,4)24-18(23-16)14(19)9-13-10-15-21(11-12-5-6-12)7-8-22(15)20-13/h7-10,12H,5-6,11H2,1-4H3. The molecule has 2 aliphatic rings. The molecule has 2 aromatic heterocycles. The minimum absolute atomic E-state index is 0.455. The maximum Gasteiger partial charge on any atom is 0.525 e. The lowest BCUT2D eigenvalue weighted by atomic mass is 9.87. The van der Waals surface area contributed by atoms with E-state index in [1.54, 1.807) is 4.52 Å². The Morgan fingerprint density at radius 3 is 2.58 bits per heavy atom. The van der Waals surface area contributed by atoms with Crippen molar-refractivity contribution in [1.29, 1.82) is 0 Å². The second-order valence-corrected chi connectivity index (χ2v) is 7.88. The molecule has 3 heterocycles. The van der Waals surface area contributed by atoms with Crippen LogP contribution in [-0.2, 0) is 15.9 Å². The quantitative estimate of drug-likeness (QED) is 0.806. The first-order valence-electron chi connectivity index (χ1n) is 8.52. The van der Waals surface area contributed by atoms with Gasteiger partial charge in [-0.3, -0.25) is 0 Å². The number of fused-ring (bicyclic) bond motifs is 1. The van der Waals surface area contributed by atoms with E-state index < -0.39 is 24.0 Å². The summed E-state index contributed by atoms with van der Waals surface area (Å²) in [5.41, 5.74) is -0.00837. The zero-order chi connectivity index (χ0) is 17.1. The van der Waals surface area contributed by atoms with Gasteiger partial charge in [0.25, 0.3) is 0 Å². The molecule has 0 aromatic carbocycles. The van der Waals surface area contributed by atoms with Crippen LogP contribution in [0.25, 0.3) is 11.7 Å². The van der Waals surface area contributed by atoms with Gasteiger partial charge in [-0.15, -0.1) is 0 Å². The Morgan fingerprint density at radius 2 is 1.96 bits per heavy atom. The molecule has 4 rings (SSSR count). The van der Waals surface area contributed by atoms with E-state index in [1.165, 1.54) is 18.9 Å². The third-order valence-corrected chi connectivity index (χ3v) is 5.33. The lowest BCUT2D eigenvalue weighted by Crippen LogP contribution is -2.41. The minimum Gasteiger partial charge on any atom is -0.398 e. The van der Waals surface area contributed by atoms with Crippen LogP contribution in [0.4, 0.5) is 4.39 Å². The van der Waals surface area contributed by atoms with Crippen molar-refractivity contribution in [3.05, 3.63) is 29.9 Å². The highest BCUT2D eigenvalue weighted by atomic mass is 19.1. The first-order valence-corrected chi connectivity index (χ1v) is 8.52. The fourth-order valence-electron chi connectivity index (χ4n) is 2.92. The molecule has 1 aliphatic carbocycles. The molecule has 2 aromatic rings. The maximum absolute atomic E-state index is 14.6. The van der Waals surface area contributed by atoms with Gasteiger partial charge in [0, 0.05) is 25.0 Å². The molecule has 1 aliphatic heterocycles. The molecule has 5 nitrogen and oxygen atoms in total. The first-order chi connectivity index (χ1) is 11.2. The fourth-order valence-corrected chi connectivity index (χ4v) is 2.92. The van der Waals surface area contributed by atoms with Crippen LogP contribution in [0.5, 0.6) is 0 Å². The molecule has 2 fully saturated rings. The topological polar surface area (TPSA) is 40.7 Å². The van der Waals surface area contributed by atoms with Crippen molar-refractivity contribution in [3.8, 4) is 0 Å². The van der Waals surface area contributed by atoms with E-state index in [4.69, 9.17) is 9.31 Å². The third kappa shape index (κ3) is 2.69. The van der Waals surface area contributed by atoms with Gasteiger partial charge in [-0.2, -0.15) is 5.10 Å². The molecule has 0 spiro atoms. The van der Waals surface area contributed by atoms with Crippen molar-refractivity contribution in [3.63, 3.8) is 0 Å². The number of aromatic nitrogens is 3. The van der Waals surface area contributed by atoms with Crippen LogP contribution in [0.1, 0.15) is 46.2 Å². The molecule has 0 bridgehead atoms. The van der Waals surface area contributed by atoms with Gasteiger partial charge in [0.1, 0.15) is 11.4 Å². The summed E-state index contributed by atoms with van der Waals surface area (Å²) in [4.78, 5) is 0. The largest absolute Gasteiger partial charge is 0.525 e. The van der Waals surface area contributed by atoms with E-state index in [-0.39, 0.29) is 0 Å². The molecule has 0 N–H and O–H groups in total. The molecular formula is C17H23BFN3O2. The summed E-state index contributed by atoms with van der Waals surface area (Å²) >= 11 is 0. The maximum atomic E-state index is 14.6. The fraction of sp³-hybridized carbons (Fsp3) is 0.588. The van der Waals surface area contributed by atoms with Crippen LogP contribution >= 0.6 is 0 Å². The summed E-state index contributed by atoms with van der Waals surface area (Å²) in [6, 6.07) is 1.90. The van der Waals surface area contributed by atoms with E-state index in [9.17, 15) is 4.39 Å². The summed E-state index contributed by atoms with van der Waals surface area (Å²) in [5.74, 6) is 0.775. The molecule has 1 saturated carbocycles. The van der Waals surface area contributed by atoms with Crippen LogP contribution in [0.2, 0.25) is 0 Å². The second-order valence-electron chi connectivity index (χ2n) is 7.88. The summed E-state index contributed by atoms with van der Waals surface area (Å²) in [6.07, 6.45) is 7.92. The van der Waals surface area contributed by atoms with Crippen LogP contribution in [-0.4, -0.2) is 32.5 Å². The molecule has 128 valence electrons. The SMILES string of the molecule is CC1(C)OB(C(F)=Cc2cc3n(CC4CC4)ccn3n2)OC1(C)C. The Kier molecular flexibility index (Phi) is 3.45. The van der Waals surface area contributed by atoms with Crippen LogP contribution in [0.3, 0.4) is 0 Å².